The van der Waals surface area contributed by atoms with Crippen LogP contribution in [0.15, 0.2) is 60.7 Å². The van der Waals surface area contributed by atoms with Crippen LogP contribution in [0, 0.1) is 21.7 Å². The molecule has 1 amide bonds. The molecule has 0 radical (unpaired) electrons. The van der Waals surface area contributed by atoms with E-state index in [1.54, 1.807) is 37.3 Å². The van der Waals surface area contributed by atoms with Crippen LogP contribution < -0.4 is 5.32 Å². The smallest absolute Gasteiger partial charge is 0.338 e. The van der Waals surface area contributed by atoms with Crippen molar-refractivity contribution in [3.63, 3.8) is 0 Å². The summed E-state index contributed by atoms with van der Waals surface area (Å²) in [5.74, 6) is -3.63. The number of non-ortho nitro benzene ring substituents is 1. The Morgan fingerprint density at radius 3 is 2.35 bits per heavy atom. The number of ether oxygens (including phenoxy) is 1. The van der Waals surface area contributed by atoms with E-state index in [1.165, 1.54) is 0 Å². The van der Waals surface area contributed by atoms with Crippen LogP contribution in [0.3, 0.4) is 0 Å². The summed E-state index contributed by atoms with van der Waals surface area (Å²) in [5.41, 5.74) is -0.755. The number of hydrogen-bond donors (Lipinski definition) is 1. The summed E-state index contributed by atoms with van der Waals surface area (Å²) in [6.45, 7) is 1.59. The zero-order valence-electron chi connectivity index (χ0n) is 16.2. The van der Waals surface area contributed by atoms with Crippen molar-refractivity contribution >= 4 is 23.3 Å². The van der Waals surface area contributed by atoms with Crippen molar-refractivity contribution in [2.45, 2.75) is 6.92 Å². The van der Waals surface area contributed by atoms with Crippen LogP contribution in [0.25, 0.3) is 11.1 Å². The molecule has 7 nitrogen and oxygen atoms in total. The Balaban J connectivity index is 2.04. The molecule has 158 valence electrons. The Morgan fingerprint density at radius 1 is 1.03 bits per heavy atom. The van der Waals surface area contributed by atoms with Crippen molar-refractivity contribution in [3.05, 3.63) is 93.5 Å². The molecule has 0 bridgehead atoms. The average Bonchev–Trinajstić information content (AvgIpc) is 2.75. The van der Waals surface area contributed by atoms with E-state index in [-0.39, 0.29) is 29.0 Å². The number of anilines is 1. The molecule has 31 heavy (non-hydrogen) atoms. The van der Waals surface area contributed by atoms with E-state index in [4.69, 9.17) is 4.74 Å². The number of hydrogen-bond acceptors (Lipinski definition) is 5. The minimum absolute atomic E-state index is 0.0320. The normalized spacial score (nSPS) is 10.4. The lowest BCUT2D eigenvalue weighted by molar-refractivity contribution is -0.384. The van der Waals surface area contributed by atoms with Gasteiger partial charge < -0.3 is 10.1 Å². The van der Waals surface area contributed by atoms with E-state index in [2.05, 4.69) is 5.32 Å². The average molecular weight is 426 g/mol. The number of nitro groups is 1. The summed E-state index contributed by atoms with van der Waals surface area (Å²) in [4.78, 5) is 35.2. The van der Waals surface area contributed by atoms with Gasteiger partial charge in [0.1, 0.15) is 11.6 Å². The fourth-order valence-electron chi connectivity index (χ4n) is 2.91. The van der Waals surface area contributed by atoms with E-state index in [9.17, 15) is 28.5 Å². The molecular formula is C22H16F2N2O5. The molecule has 9 heteroatoms. The third-order valence-corrected chi connectivity index (χ3v) is 4.28. The Kier molecular flexibility index (Phi) is 6.35. The number of nitrogens with zero attached hydrogens (tertiary/aromatic N) is 1. The Hall–Kier alpha value is -4.14. The number of carbonyl (C=O) groups excluding carboxylic acids is 2. The first-order chi connectivity index (χ1) is 14.8. The van der Waals surface area contributed by atoms with Gasteiger partial charge >= 0.3 is 5.97 Å². The Morgan fingerprint density at radius 2 is 1.71 bits per heavy atom. The fourth-order valence-corrected chi connectivity index (χ4v) is 2.91. The first-order valence-electron chi connectivity index (χ1n) is 9.12. The topological polar surface area (TPSA) is 98.5 Å². The van der Waals surface area contributed by atoms with Gasteiger partial charge in [-0.2, -0.15) is 0 Å². The van der Waals surface area contributed by atoms with Crippen LogP contribution >= 0.6 is 0 Å². The molecule has 3 rings (SSSR count). The van der Waals surface area contributed by atoms with E-state index < -0.39 is 34.1 Å². The maximum Gasteiger partial charge on any atom is 0.338 e. The number of amides is 1. The van der Waals surface area contributed by atoms with Crippen molar-refractivity contribution in [3.8, 4) is 11.1 Å². The van der Waals surface area contributed by atoms with Crippen LogP contribution in [-0.2, 0) is 4.74 Å². The number of rotatable bonds is 6. The van der Waals surface area contributed by atoms with Crippen LogP contribution in [0.1, 0.15) is 27.6 Å². The summed E-state index contributed by atoms with van der Waals surface area (Å²) < 4.78 is 33.2. The second-order valence-electron chi connectivity index (χ2n) is 6.38. The third-order valence-electron chi connectivity index (χ3n) is 4.28. The van der Waals surface area contributed by atoms with E-state index in [0.29, 0.717) is 11.6 Å². The molecule has 0 aliphatic carbocycles. The number of carbonyl (C=O) groups is 2. The van der Waals surface area contributed by atoms with Crippen LogP contribution in [-0.4, -0.2) is 23.4 Å². The lowest BCUT2D eigenvalue weighted by Crippen LogP contribution is -2.16. The molecule has 0 heterocycles. The largest absolute Gasteiger partial charge is 0.462 e. The first kappa shape index (κ1) is 21.6. The molecule has 3 aromatic rings. The van der Waals surface area contributed by atoms with Crippen molar-refractivity contribution in [1.82, 2.24) is 0 Å². The summed E-state index contributed by atoms with van der Waals surface area (Å²) in [5, 5.41) is 13.5. The van der Waals surface area contributed by atoms with Gasteiger partial charge in [-0.15, -0.1) is 0 Å². The zero-order chi connectivity index (χ0) is 22.5. The molecular weight excluding hydrogens is 410 g/mol. The highest BCUT2D eigenvalue weighted by molar-refractivity contribution is 6.08. The lowest BCUT2D eigenvalue weighted by atomic mass is 10.0. The molecule has 0 aliphatic rings. The minimum Gasteiger partial charge on any atom is -0.462 e. The molecule has 0 spiro atoms. The summed E-state index contributed by atoms with van der Waals surface area (Å²) in [6, 6.07) is 13.0. The van der Waals surface area contributed by atoms with Gasteiger partial charge in [-0.05, 0) is 24.6 Å². The molecule has 0 unspecified atom stereocenters. The van der Waals surface area contributed by atoms with Gasteiger partial charge in [0, 0.05) is 29.3 Å². The molecule has 1 N–H and O–H groups in total. The quantitative estimate of drug-likeness (QED) is 0.341. The van der Waals surface area contributed by atoms with Crippen LogP contribution in [0.4, 0.5) is 20.2 Å². The Labute approximate surface area is 175 Å². The van der Waals surface area contributed by atoms with Gasteiger partial charge in [0.2, 0.25) is 0 Å². The summed E-state index contributed by atoms with van der Waals surface area (Å²) >= 11 is 0. The lowest BCUT2D eigenvalue weighted by Gasteiger charge is -2.13. The van der Waals surface area contributed by atoms with Gasteiger partial charge in [-0.25, -0.2) is 13.6 Å². The van der Waals surface area contributed by atoms with Crippen molar-refractivity contribution in [1.29, 1.82) is 0 Å². The number of nitrogens with one attached hydrogen (secondary N) is 1. The molecule has 0 saturated carbocycles. The molecule has 0 atom stereocenters. The van der Waals surface area contributed by atoms with Gasteiger partial charge in [0.25, 0.3) is 11.6 Å². The van der Waals surface area contributed by atoms with Crippen molar-refractivity contribution in [2.24, 2.45) is 0 Å². The maximum absolute atomic E-state index is 14.6. The van der Waals surface area contributed by atoms with Gasteiger partial charge in [0.05, 0.1) is 22.8 Å². The highest BCUT2D eigenvalue weighted by Crippen LogP contribution is 2.32. The summed E-state index contributed by atoms with van der Waals surface area (Å²) in [7, 11) is 0. The van der Waals surface area contributed by atoms with E-state index >= 15 is 0 Å². The number of benzene rings is 3. The molecule has 0 aliphatic heterocycles. The standard InChI is InChI=1S/C22H16F2N2O5/c1-2-31-22(28)15-8-14(9-17(10-15)26(29)30)21(27)25-20-18(11-16(23)12-19(20)24)13-6-4-3-5-7-13/h3-12H,2H2,1H3,(H,25,27). The van der Waals surface area contributed by atoms with Crippen LogP contribution in [0.5, 0.6) is 0 Å². The highest BCUT2D eigenvalue weighted by atomic mass is 19.1. The number of esters is 1. The third kappa shape index (κ3) is 4.89. The SMILES string of the molecule is CCOC(=O)c1cc(C(=O)Nc2c(F)cc(F)cc2-c2ccccc2)cc([N+](=O)[O-])c1. The van der Waals surface area contributed by atoms with E-state index in [0.717, 1.165) is 24.3 Å². The zero-order valence-corrected chi connectivity index (χ0v) is 16.2. The summed E-state index contributed by atoms with van der Waals surface area (Å²) in [6.07, 6.45) is 0. The monoisotopic (exact) mass is 426 g/mol. The van der Waals surface area contributed by atoms with Gasteiger partial charge in [0.15, 0.2) is 0 Å². The second-order valence-corrected chi connectivity index (χ2v) is 6.38. The maximum atomic E-state index is 14.6. The number of halogens is 2. The second kappa shape index (κ2) is 9.12. The molecule has 0 aromatic heterocycles. The predicted molar refractivity (Wildman–Crippen MR) is 109 cm³/mol. The fraction of sp³-hybridized carbons (Fsp3) is 0.0909. The van der Waals surface area contributed by atoms with Gasteiger partial charge in [-0.1, -0.05) is 30.3 Å². The highest BCUT2D eigenvalue weighted by Gasteiger charge is 2.21. The van der Waals surface area contributed by atoms with E-state index in [1.807, 2.05) is 0 Å². The predicted octanol–water partition coefficient (Wildman–Crippen LogP) is 4.97. The van der Waals surface area contributed by atoms with Crippen molar-refractivity contribution < 1.29 is 28.0 Å². The first-order valence-corrected chi connectivity index (χ1v) is 9.12. The van der Waals surface area contributed by atoms with Gasteiger partial charge in [-0.3, -0.25) is 14.9 Å². The Bertz CT molecular complexity index is 1170. The van der Waals surface area contributed by atoms with Crippen LogP contribution in [0.2, 0.25) is 0 Å². The molecule has 0 fully saturated rings. The van der Waals surface area contributed by atoms with Crippen molar-refractivity contribution in [2.75, 3.05) is 11.9 Å². The molecule has 3 aromatic carbocycles. The minimum atomic E-state index is -1.02. The molecule has 0 saturated heterocycles. The number of nitro benzene ring substituents is 1.